The molecule has 1 amide bonds. The van der Waals surface area contributed by atoms with Gasteiger partial charge in [-0.15, -0.1) is 0 Å². The smallest absolute Gasteiger partial charge is 0.256 e. The number of hydrogen-bond donors (Lipinski definition) is 1. The monoisotopic (exact) mass is 286 g/mol. The van der Waals surface area contributed by atoms with E-state index in [9.17, 15) is 4.79 Å². The van der Waals surface area contributed by atoms with E-state index in [4.69, 9.17) is 17.3 Å². The number of nitrogens with zero attached hydrogens (tertiary/aromatic N) is 1. The Bertz CT molecular complexity index is 425. The highest BCUT2D eigenvalue weighted by Gasteiger charge is 2.21. The minimum atomic E-state index is -0.0732. The van der Waals surface area contributed by atoms with Crippen molar-refractivity contribution in [2.45, 2.75) is 19.4 Å². The van der Waals surface area contributed by atoms with Gasteiger partial charge in [0.05, 0.1) is 5.56 Å². The second kappa shape index (κ2) is 6.90. The van der Waals surface area contributed by atoms with Gasteiger partial charge >= 0.3 is 0 Å². The second-order valence-electron chi connectivity index (χ2n) is 4.17. The lowest BCUT2D eigenvalue weighted by Crippen LogP contribution is -2.38. The van der Waals surface area contributed by atoms with E-state index in [1.54, 1.807) is 34.9 Å². The molecule has 1 rings (SSSR count). The van der Waals surface area contributed by atoms with Crippen LogP contribution in [0.4, 0.5) is 5.69 Å². The highest BCUT2D eigenvalue weighted by atomic mass is 35.5. The van der Waals surface area contributed by atoms with Gasteiger partial charge in [0.2, 0.25) is 0 Å². The Morgan fingerprint density at radius 1 is 1.56 bits per heavy atom. The lowest BCUT2D eigenvalue weighted by Gasteiger charge is -2.27. The number of nitrogen functional groups attached to an aromatic ring is 1. The van der Waals surface area contributed by atoms with Crippen LogP contribution in [0.2, 0.25) is 5.02 Å². The van der Waals surface area contributed by atoms with Gasteiger partial charge in [0, 0.05) is 29.6 Å². The first-order valence-corrected chi connectivity index (χ1v) is 7.59. The Balaban J connectivity index is 2.95. The first kappa shape index (κ1) is 15.2. The molecule has 3 nitrogen and oxygen atoms in total. The minimum Gasteiger partial charge on any atom is -0.398 e. The average molecular weight is 287 g/mol. The summed E-state index contributed by atoms with van der Waals surface area (Å²) in [6, 6.07) is 5.19. The molecule has 1 aromatic rings. The number of nitrogens with two attached hydrogens (primary N) is 1. The van der Waals surface area contributed by atoms with Crippen LogP contribution in [0.3, 0.4) is 0 Å². The molecule has 0 aliphatic rings. The molecule has 1 aromatic carbocycles. The van der Waals surface area contributed by atoms with Gasteiger partial charge in [-0.25, -0.2) is 0 Å². The molecular weight excluding hydrogens is 268 g/mol. The maximum absolute atomic E-state index is 12.4. The number of carbonyl (C=O) groups is 1. The quantitative estimate of drug-likeness (QED) is 0.846. The van der Waals surface area contributed by atoms with Crippen LogP contribution >= 0.6 is 23.4 Å². The van der Waals surface area contributed by atoms with Crippen molar-refractivity contribution < 1.29 is 4.79 Å². The van der Waals surface area contributed by atoms with Gasteiger partial charge < -0.3 is 10.6 Å². The minimum absolute atomic E-state index is 0.0732. The molecule has 18 heavy (non-hydrogen) atoms. The lowest BCUT2D eigenvalue weighted by atomic mass is 10.1. The Morgan fingerprint density at radius 3 is 2.78 bits per heavy atom. The highest BCUT2D eigenvalue weighted by Crippen LogP contribution is 2.21. The van der Waals surface area contributed by atoms with Gasteiger partial charge in [0.25, 0.3) is 5.91 Å². The Morgan fingerprint density at radius 2 is 2.22 bits per heavy atom. The number of carbonyl (C=O) groups excluding carboxylic acids is 1. The molecule has 0 spiro atoms. The van der Waals surface area contributed by atoms with Crippen molar-refractivity contribution in [2.24, 2.45) is 0 Å². The predicted octanol–water partition coefficient (Wildman–Crippen LogP) is 3.14. The van der Waals surface area contributed by atoms with Crippen molar-refractivity contribution in [1.82, 2.24) is 4.90 Å². The second-order valence-corrected chi connectivity index (χ2v) is 5.51. The molecule has 0 radical (unpaired) electrons. The Labute approximate surface area is 118 Å². The molecule has 0 aromatic heterocycles. The van der Waals surface area contributed by atoms with Gasteiger partial charge in [-0.3, -0.25) is 4.79 Å². The summed E-state index contributed by atoms with van der Waals surface area (Å²) in [4.78, 5) is 14.1. The topological polar surface area (TPSA) is 46.3 Å². The molecule has 0 fully saturated rings. The summed E-state index contributed by atoms with van der Waals surface area (Å²) in [7, 11) is 1.81. The van der Waals surface area contributed by atoms with Crippen molar-refractivity contribution in [1.29, 1.82) is 0 Å². The van der Waals surface area contributed by atoms with Crippen LogP contribution in [0, 0.1) is 0 Å². The Kier molecular flexibility index (Phi) is 5.82. The molecular formula is C13H19ClN2OS. The number of benzene rings is 1. The third-order valence-corrected chi connectivity index (χ3v) is 3.90. The normalized spacial score (nSPS) is 12.2. The van der Waals surface area contributed by atoms with E-state index in [2.05, 4.69) is 6.92 Å². The fourth-order valence-electron chi connectivity index (χ4n) is 1.77. The molecule has 2 N–H and O–H groups in total. The van der Waals surface area contributed by atoms with Crippen molar-refractivity contribution in [3.8, 4) is 0 Å². The number of rotatable bonds is 5. The summed E-state index contributed by atoms with van der Waals surface area (Å²) in [5.41, 5.74) is 6.78. The van der Waals surface area contributed by atoms with Crippen LogP contribution in [-0.2, 0) is 0 Å². The van der Waals surface area contributed by atoms with E-state index < -0.39 is 0 Å². The van der Waals surface area contributed by atoms with Gasteiger partial charge in [-0.2, -0.15) is 11.8 Å². The van der Waals surface area contributed by atoms with E-state index in [-0.39, 0.29) is 11.9 Å². The van der Waals surface area contributed by atoms with E-state index in [1.165, 1.54) is 0 Å². The van der Waals surface area contributed by atoms with E-state index in [0.29, 0.717) is 16.3 Å². The summed E-state index contributed by atoms with van der Waals surface area (Å²) < 4.78 is 0. The zero-order valence-corrected chi connectivity index (χ0v) is 12.5. The molecule has 100 valence electrons. The number of hydrogen-bond acceptors (Lipinski definition) is 3. The molecule has 0 saturated carbocycles. The molecule has 5 heteroatoms. The number of thioether (sulfide) groups is 1. The van der Waals surface area contributed by atoms with Gasteiger partial charge in [-0.1, -0.05) is 18.5 Å². The summed E-state index contributed by atoms with van der Waals surface area (Å²) >= 11 is 7.64. The van der Waals surface area contributed by atoms with Gasteiger partial charge in [-0.05, 0) is 30.9 Å². The van der Waals surface area contributed by atoms with Crippen LogP contribution in [0.5, 0.6) is 0 Å². The van der Waals surface area contributed by atoms with Crippen LogP contribution in [0.25, 0.3) is 0 Å². The molecule has 0 saturated heterocycles. The van der Waals surface area contributed by atoms with E-state index in [1.807, 2.05) is 13.3 Å². The van der Waals surface area contributed by atoms with Crippen LogP contribution in [0.15, 0.2) is 18.2 Å². The zero-order valence-electron chi connectivity index (χ0n) is 10.9. The molecule has 0 bridgehead atoms. The number of amides is 1. The van der Waals surface area contributed by atoms with Crippen molar-refractivity contribution in [2.75, 3.05) is 24.8 Å². The van der Waals surface area contributed by atoms with Gasteiger partial charge in [0.1, 0.15) is 0 Å². The zero-order chi connectivity index (χ0) is 13.7. The fourth-order valence-corrected chi connectivity index (χ4v) is 2.78. The largest absolute Gasteiger partial charge is 0.398 e. The van der Waals surface area contributed by atoms with Crippen LogP contribution in [-0.4, -0.2) is 35.9 Å². The third-order valence-electron chi connectivity index (χ3n) is 2.94. The average Bonchev–Trinajstić information content (AvgIpc) is 2.37. The summed E-state index contributed by atoms with van der Waals surface area (Å²) in [6.45, 7) is 2.08. The first-order valence-electron chi connectivity index (χ1n) is 5.82. The van der Waals surface area contributed by atoms with Crippen molar-refractivity contribution in [3.05, 3.63) is 28.8 Å². The molecule has 1 unspecified atom stereocenters. The fraction of sp³-hybridized carbons (Fsp3) is 0.462. The molecule has 0 aliphatic heterocycles. The van der Waals surface area contributed by atoms with Crippen LogP contribution < -0.4 is 5.73 Å². The number of anilines is 1. The summed E-state index contributed by atoms with van der Waals surface area (Å²) in [5.74, 6) is 0.843. The third kappa shape index (κ3) is 3.56. The van der Waals surface area contributed by atoms with Crippen molar-refractivity contribution >= 4 is 35.0 Å². The molecule has 1 atom stereocenters. The van der Waals surface area contributed by atoms with Gasteiger partial charge in [0.15, 0.2) is 0 Å². The van der Waals surface area contributed by atoms with E-state index >= 15 is 0 Å². The standard InChI is InChI=1S/C13H19ClN2OS/c1-4-10(8-18-3)16(2)13(17)11-7-9(14)5-6-12(11)15/h5-7,10H,4,8,15H2,1-3H3. The molecule has 0 aliphatic carbocycles. The maximum Gasteiger partial charge on any atom is 0.256 e. The lowest BCUT2D eigenvalue weighted by molar-refractivity contribution is 0.0744. The van der Waals surface area contributed by atoms with Crippen LogP contribution in [0.1, 0.15) is 23.7 Å². The predicted molar refractivity (Wildman–Crippen MR) is 80.4 cm³/mol. The molecule has 0 heterocycles. The Hall–Kier alpha value is -0.870. The van der Waals surface area contributed by atoms with Crippen molar-refractivity contribution in [3.63, 3.8) is 0 Å². The highest BCUT2D eigenvalue weighted by molar-refractivity contribution is 7.98. The SMILES string of the molecule is CCC(CSC)N(C)C(=O)c1cc(Cl)ccc1N. The van der Waals surface area contributed by atoms with E-state index in [0.717, 1.165) is 12.2 Å². The summed E-state index contributed by atoms with van der Waals surface area (Å²) in [6.07, 6.45) is 2.96. The summed E-state index contributed by atoms with van der Waals surface area (Å²) in [5, 5.41) is 0.527. The first-order chi connectivity index (χ1) is 8.51. The maximum atomic E-state index is 12.4. The number of halogens is 1.